The molecule has 8 heteroatoms. The van der Waals surface area contributed by atoms with Gasteiger partial charge in [0, 0.05) is 17.0 Å². The van der Waals surface area contributed by atoms with Crippen LogP contribution in [0.5, 0.6) is 0 Å². The van der Waals surface area contributed by atoms with Crippen LogP contribution in [0.25, 0.3) is 22.4 Å². The number of carbonyl (C=O) groups is 2. The Morgan fingerprint density at radius 2 is 1.85 bits per heavy atom. The zero-order chi connectivity index (χ0) is 23.8. The van der Waals surface area contributed by atoms with Crippen molar-refractivity contribution in [2.75, 3.05) is 16.9 Å². The van der Waals surface area contributed by atoms with E-state index in [1.54, 1.807) is 29.7 Å². The molecule has 34 heavy (non-hydrogen) atoms. The Morgan fingerprint density at radius 3 is 2.62 bits per heavy atom. The van der Waals surface area contributed by atoms with Gasteiger partial charge >= 0.3 is 0 Å². The molecule has 2 amide bonds. The largest absolute Gasteiger partial charge is 0.335 e. The third kappa shape index (κ3) is 4.05. The molecule has 2 aromatic heterocycles. The summed E-state index contributed by atoms with van der Waals surface area (Å²) in [5.74, 6) is 0.530. The molecule has 7 nitrogen and oxygen atoms in total. The van der Waals surface area contributed by atoms with Crippen molar-refractivity contribution in [1.82, 2.24) is 15.0 Å². The predicted molar refractivity (Wildman–Crippen MR) is 134 cm³/mol. The second kappa shape index (κ2) is 8.95. The van der Waals surface area contributed by atoms with Gasteiger partial charge in [-0.1, -0.05) is 41.6 Å². The standard InChI is InChI=1S/C26H24N4O3S/c1-15-9-10-19(11-16(15)2)27-24(31)22-13-34-14-30(22)26(32)20-12-21(18-7-5-4-6-8-18)28-25-23(20)17(3)29-33-25/h4-12,22H,13-14H2,1-3H3,(H,27,31). The molecule has 2 aromatic carbocycles. The lowest BCUT2D eigenvalue weighted by Crippen LogP contribution is -2.44. The quantitative estimate of drug-likeness (QED) is 0.451. The number of pyridine rings is 1. The van der Waals surface area contributed by atoms with Gasteiger partial charge in [0.05, 0.1) is 28.2 Å². The Hall–Kier alpha value is -3.65. The molecule has 3 heterocycles. The predicted octanol–water partition coefficient (Wildman–Crippen LogP) is 4.97. The van der Waals surface area contributed by atoms with Gasteiger partial charge in [-0.25, -0.2) is 4.98 Å². The summed E-state index contributed by atoms with van der Waals surface area (Å²) in [5.41, 5.74) is 5.81. The normalized spacial score (nSPS) is 15.6. The third-order valence-electron chi connectivity index (χ3n) is 6.14. The number of fused-ring (bicyclic) bond motifs is 1. The molecule has 1 atom stereocenters. The van der Waals surface area contributed by atoms with Crippen molar-refractivity contribution in [3.8, 4) is 11.3 Å². The number of aromatic nitrogens is 2. The number of hydrogen-bond acceptors (Lipinski definition) is 6. The van der Waals surface area contributed by atoms with Gasteiger partial charge in [0.15, 0.2) is 0 Å². The van der Waals surface area contributed by atoms with Crippen molar-refractivity contribution in [2.24, 2.45) is 0 Å². The molecular formula is C26H24N4O3S. The topological polar surface area (TPSA) is 88.3 Å². The van der Waals surface area contributed by atoms with Crippen molar-refractivity contribution in [1.29, 1.82) is 0 Å². The van der Waals surface area contributed by atoms with Crippen LogP contribution in [0.1, 0.15) is 27.2 Å². The molecule has 0 saturated carbocycles. The van der Waals surface area contributed by atoms with E-state index in [1.165, 1.54) is 0 Å². The van der Waals surface area contributed by atoms with Gasteiger partial charge < -0.3 is 14.7 Å². The summed E-state index contributed by atoms with van der Waals surface area (Å²) >= 11 is 1.56. The van der Waals surface area contributed by atoms with E-state index in [0.29, 0.717) is 39.7 Å². The van der Waals surface area contributed by atoms with Crippen LogP contribution in [0.2, 0.25) is 0 Å². The number of nitrogens with one attached hydrogen (secondary N) is 1. The SMILES string of the molecule is Cc1ccc(NC(=O)C2CSCN2C(=O)c2cc(-c3ccccc3)nc3onc(C)c23)cc1C. The fourth-order valence-corrected chi connectivity index (χ4v) is 5.23. The summed E-state index contributed by atoms with van der Waals surface area (Å²) < 4.78 is 5.42. The molecule has 1 aliphatic heterocycles. The van der Waals surface area contributed by atoms with Gasteiger partial charge in [-0.15, -0.1) is 11.8 Å². The van der Waals surface area contributed by atoms with Gasteiger partial charge in [-0.3, -0.25) is 9.59 Å². The molecule has 1 saturated heterocycles. The summed E-state index contributed by atoms with van der Waals surface area (Å²) in [6, 6.07) is 16.6. The summed E-state index contributed by atoms with van der Waals surface area (Å²) in [4.78, 5) is 33.2. The maximum Gasteiger partial charge on any atom is 0.259 e. The van der Waals surface area contributed by atoms with Crippen molar-refractivity contribution < 1.29 is 14.1 Å². The zero-order valence-electron chi connectivity index (χ0n) is 19.2. The first-order valence-corrected chi connectivity index (χ1v) is 12.2. The molecule has 172 valence electrons. The van der Waals surface area contributed by atoms with E-state index in [0.717, 1.165) is 22.4 Å². The van der Waals surface area contributed by atoms with Crippen LogP contribution in [0.15, 0.2) is 59.1 Å². The lowest BCUT2D eigenvalue weighted by molar-refractivity contribution is -0.119. The number of rotatable bonds is 4. The first-order valence-electron chi connectivity index (χ1n) is 11.0. The number of benzene rings is 2. The minimum Gasteiger partial charge on any atom is -0.335 e. The second-order valence-electron chi connectivity index (χ2n) is 8.45. The average Bonchev–Trinajstić information content (AvgIpc) is 3.48. The van der Waals surface area contributed by atoms with E-state index in [9.17, 15) is 9.59 Å². The molecule has 1 fully saturated rings. The highest BCUT2D eigenvalue weighted by molar-refractivity contribution is 7.99. The maximum atomic E-state index is 13.8. The minimum absolute atomic E-state index is 0.197. The van der Waals surface area contributed by atoms with E-state index in [1.807, 2.05) is 62.4 Å². The summed E-state index contributed by atoms with van der Waals surface area (Å²) in [6.45, 7) is 5.82. The van der Waals surface area contributed by atoms with E-state index in [-0.39, 0.29) is 11.8 Å². The molecule has 1 aliphatic rings. The summed E-state index contributed by atoms with van der Waals surface area (Å²) in [7, 11) is 0. The maximum absolute atomic E-state index is 13.8. The highest BCUT2D eigenvalue weighted by atomic mass is 32.2. The van der Waals surface area contributed by atoms with Crippen LogP contribution in [0.4, 0.5) is 5.69 Å². The number of aryl methyl sites for hydroxylation is 3. The van der Waals surface area contributed by atoms with Crippen molar-refractivity contribution in [2.45, 2.75) is 26.8 Å². The van der Waals surface area contributed by atoms with Crippen LogP contribution in [0, 0.1) is 20.8 Å². The number of nitrogens with zero attached hydrogens (tertiary/aromatic N) is 3. The third-order valence-corrected chi connectivity index (χ3v) is 7.15. The number of anilines is 1. The summed E-state index contributed by atoms with van der Waals surface area (Å²) in [5, 5.41) is 7.59. The highest BCUT2D eigenvalue weighted by Gasteiger charge is 2.36. The minimum atomic E-state index is -0.581. The van der Waals surface area contributed by atoms with Crippen LogP contribution in [0.3, 0.4) is 0 Å². The fourth-order valence-electron chi connectivity index (χ4n) is 4.08. The van der Waals surface area contributed by atoms with Crippen LogP contribution in [-0.2, 0) is 4.79 Å². The van der Waals surface area contributed by atoms with Gasteiger partial charge in [0.1, 0.15) is 6.04 Å². The Morgan fingerprint density at radius 1 is 1.06 bits per heavy atom. The Bertz CT molecular complexity index is 1400. The van der Waals surface area contributed by atoms with Gasteiger partial charge in [-0.05, 0) is 50.1 Å². The molecular weight excluding hydrogens is 448 g/mol. The zero-order valence-corrected chi connectivity index (χ0v) is 20.0. The van der Waals surface area contributed by atoms with Crippen LogP contribution < -0.4 is 5.32 Å². The van der Waals surface area contributed by atoms with Crippen LogP contribution >= 0.6 is 11.8 Å². The van der Waals surface area contributed by atoms with Crippen molar-refractivity contribution in [3.05, 3.63) is 77.0 Å². The first kappa shape index (κ1) is 22.2. The fraction of sp³-hybridized carbons (Fsp3) is 0.231. The number of amides is 2. The molecule has 0 radical (unpaired) electrons. The van der Waals surface area contributed by atoms with Crippen molar-refractivity contribution >= 4 is 40.4 Å². The Kier molecular flexibility index (Phi) is 5.83. The summed E-state index contributed by atoms with van der Waals surface area (Å²) in [6.07, 6.45) is 0. The van der Waals surface area contributed by atoms with Gasteiger partial charge in [-0.2, -0.15) is 0 Å². The van der Waals surface area contributed by atoms with Crippen LogP contribution in [-0.4, -0.2) is 44.5 Å². The molecule has 0 spiro atoms. The van der Waals surface area contributed by atoms with Gasteiger partial charge in [0.25, 0.3) is 11.6 Å². The molecule has 0 aliphatic carbocycles. The van der Waals surface area contributed by atoms with E-state index >= 15 is 0 Å². The van der Waals surface area contributed by atoms with E-state index in [4.69, 9.17) is 4.52 Å². The second-order valence-corrected chi connectivity index (χ2v) is 9.45. The van der Waals surface area contributed by atoms with E-state index < -0.39 is 6.04 Å². The number of thioether (sulfide) groups is 1. The van der Waals surface area contributed by atoms with Crippen molar-refractivity contribution in [3.63, 3.8) is 0 Å². The van der Waals surface area contributed by atoms with E-state index in [2.05, 4.69) is 15.5 Å². The molecule has 5 rings (SSSR count). The number of hydrogen-bond donors (Lipinski definition) is 1. The smallest absolute Gasteiger partial charge is 0.259 e. The number of carbonyl (C=O) groups excluding carboxylic acids is 2. The monoisotopic (exact) mass is 472 g/mol. The molecule has 1 unspecified atom stereocenters. The molecule has 0 bridgehead atoms. The molecule has 1 N–H and O–H groups in total. The first-order chi connectivity index (χ1) is 16.4. The highest BCUT2D eigenvalue weighted by Crippen LogP contribution is 2.31. The average molecular weight is 473 g/mol. The Labute approximate surface area is 201 Å². The lowest BCUT2D eigenvalue weighted by Gasteiger charge is -2.23. The lowest BCUT2D eigenvalue weighted by atomic mass is 10.0. The molecule has 4 aromatic rings. The van der Waals surface area contributed by atoms with Gasteiger partial charge in [0.2, 0.25) is 5.91 Å². The Balaban J connectivity index is 1.48.